The minimum Gasteiger partial charge on any atom is -0.343 e. The molecule has 1 fully saturated rings. The van der Waals surface area contributed by atoms with Crippen LogP contribution in [-0.4, -0.2) is 23.9 Å². The number of carbonyl (C=O) groups excluding carboxylic acids is 1. The lowest BCUT2D eigenvalue weighted by Crippen LogP contribution is -2.38. The highest BCUT2D eigenvalue weighted by molar-refractivity contribution is 5.73. The lowest BCUT2D eigenvalue weighted by molar-refractivity contribution is -0.130. The highest BCUT2D eigenvalue weighted by Crippen LogP contribution is 2.36. The molecule has 0 saturated carbocycles. The van der Waals surface area contributed by atoms with Crippen molar-refractivity contribution in [3.05, 3.63) is 35.9 Å². The van der Waals surface area contributed by atoms with Gasteiger partial charge in [0.1, 0.15) is 0 Å². The molecule has 1 amide bonds. The van der Waals surface area contributed by atoms with Gasteiger partial charge in [-0.1, -0.05) is 50.1 Å². The molecule has 2 nitrogen and oxygen atoms in total. The molecule has 1 aromatic rings. The predicted molar refractivity (Wildman–Crippen MR) is 83.7 cm³/mol. The van der Waals surface area contributed by atoms with E-state index in [9.17, 15) is 4.79 Å². The molecule has 1 unspecified atom stereocenters. The maximum atomic E-state index is 11.4. The first-order valence-electron chi connectivity index (χ1n) is 8.02. The number of hydrogen-bond acceptors (Lipinski definition) is 1. The Balaban J connectivity index is 2.03. The van der Waals surface area contributed by atoms with Crippen molar-refractivity contribution >= 4 is 5.91 Å². The largest absolute Gasteiger partial charge is 0.343 e. The Kier molecular flexibility index (Phi) is 5.63. The zero-order valence-corrected chi connectivity index (χ0v) is 12.8. The number of nitrogens with zero attached hydrogens (tertiary/aromatic N) is 1. The van der Waals surface area contributed by atoms with Crippen LogP contribution in [0.5, 0.6) is 0 Å². The number of unbranched alkanes of at least 4 members (excludes halogenated alkanes) is 1. The Labute approximate surface area is 123 Å². The standard InChI is InChI=1S/C18H27NO/c1-3-4-10-18(16-8-6-5-7-9-16)17-11-13-19(14-12-17)15(2)20/h5-9,17-18H,3-4,10-14H2,1-2H3. The van der Waals surface area contributed by atoms with Gasteiger partial charge in [0.25, 0.3) is 0 Å². The highest BCUT2D eigenvalue weighted by Gasteiger charge is 2.27. The van der Waals surface area contributed by atoms with Crippen LogP contribution >= 0.6 is 0 Å². The van der Waals surface area contributed by atoms with Crippen molar-refractivity contribution in [1.82, 2.24) is 4.90 Å². The maximum Gasteiger partial charge on any atom is 0.219 e. The fourth-order valence-electron chi connectivity index (χ4n) is 3.42. The zero-order chi connectivity index (χ0) is 14.4. The van der Waals surface area contributed by atoms with Crippen LogP contribution in [0.15, 0.2) is 30.3 Å². The summed E-state index contributed by atoms with van der Waals surface area (Å²) in [5.74, 6) is 1.64. The van der Waals surface area contributed by atoms with Crippen LogP contribution < -0.4 is 0 Å². The molecular weight excluding hydrogens is 246 g/mol. The Bertz CT molecular complexity index is 407. The van der Waals surface area contributed by atoms with Gasteiger partial charge in [-0.25, -0.2) is 0 Å². The lowest BCUT2D eigenvalue weighted by Gasteiger charge is -2.36. The molecule has 110 valence electrons. The molecule has 1 saturated heterocycles. The van der Waals surface area contributed by atoms with Crippen molar-refractivity contribution in [3.63, 3.8) is 0 Å². The summed E-state index contributed by atoms with van der Waals surface area (Å²) in [6.07, 6.45) is 6.15. The molecule has 2 rings (SSSR count). The van der Waals surface area contributed by atoms with Crippen molar-refractivity contribution in [2.45, 2.75) is 51.9 Å². The molecule has 0 bridgehead atoms. The smallest absolute Gasteiger partial charge is 0.219 e. The van der Waals surface area contributed by atoms with E-state index in [2.05, 4.69) is 37.3 Å². The fourth-order valence-corrected chi connectivity index (χ4v) is 3.42. The molecule has 0 aromatic heterocycles. The van der Waals surface area contributed by atoms with Crippen LogP contribution in [0.4, 0.5) is 0 Å². The minimum absolute atomic E-state index is 0.230. The summed E-state index contributed by atoms with van der Waals surface area (Å²) >= 11 is 0. The van der Waals surface area contributed by atoms with Gasteiger partial charge < -0.3 is 4.90 Å². The van der Waals surface area contributed by atoms with Gasteiger partial charge in [-0.05, 0) is 36.7 Å². The van der Waals surface area contributed by atoms with Crippen molar-refractivity contribution in [2.24, 2.45) is 5.92 Å². The van der Waals surface area contributed by atoms with Crippen molar-refractivity contribution < 1.29 is 4.79 Å². The zero-order valence-electron chi connectivity index (χ0n) is 12.8. The van der Waals surface area contributed by atoms with Crippen molar-refractivity contribution in [1.29, 1.82) is 0 Å². The van der Waals surface area contributed by atoms with Gasteiger partial charge in [0.05, 0.1) is 0 Å². The van der Waals surface area contributed by atoms with Gasteiger partial charge in [0, 0.05) is 20.0 Å². The van der Waals surface area contributed by atoms with E-state index in [4.69, 9.17) is 0 Å². The van der Waals surface area contributed by atoms with Crippen molar-refractivity contribution in [2.75, 3.05) is 13.1 Å². The van der Waals surface area contributed by atoms with Gasteiger partial charge in [0.15, 0.2) is 0 Å². The van der Waals surface area contributed by atoms with E-state index < -0.39 is 0 Å². The number of hydrogen-bond donors (Lipinski definition) is 0. The predicted octanol–water partition coefficient (Wildman–Crippen LogP) is 4.22. The molecule has 1 aliphatic rings. The van der Waals surface area contributed by atoms with Gasteiger partial charge in [-0.15, -0.1) is 0 Å². The molecular formula is C18H27NO. The van der Waals surface area contributed by atoms with E-state index in [1.807, 2.05) is 4.90 Å². The van der Waals surface area contributed by atoms with E-state index in [-0.39, 0.29) is 5.91 Å². The molecule has 1 aromatic carbocycles. The number of benzene rings is 1. The number of likely N-dealkylation sites (tertiary alicyclic amines) is 1. The third-order valence-electron chi connectivity index (χ3n) is 4.65. The first kappa shape index (κ1) is 15.1. The average molecular weight is 273 g/mol. The molecule has 0 radical (unpaired) electrons. The van der Waals surface area contributed by atoms with Gasteiger partial charge >= 0.3 is 0 Å². The van der Waals surface area contributed by atoms with E-state index in [0.29, 0.717) is 5.92 Å². The molecule has 20 heavy (non-hydrogen) atoms. The van der Waals surface area contributed by atoms with Crippen LogP contribution in [0.1, 0.15) is 57.4 Å². The Morgan fingerprint density at radius 2 is 1.90 bits per heavy atom. The van der Waals surface area contributed by atoms with Crippen LogP contribution in [0.2, 0.25) is 0 Å². The Hall–Kier alpha value is -1.31. The topological polar surface area (TPSA) is 20.3 Å². The molecule has 0 N–H and O–H groups in total. The second kappa shape index (κ2) is 7.47. The van der Waals surface area contributed by atoms with Crippen LogP contribution in [0, 0.1) is 5.92 Å². The van der Waals surface area contributed by atoms with Gasteiger partial charge in [0.2, 0.25) is 5.91 Å². The minimum atomic E-state index is 0.230. The normalized spacial score (nSPS) is 18.0. The summed E-state index contributed by atoms with van der Waals surface area (Å²) in [6.45, 7) is 5.83. The first-order valence-corrected chi connectivity index (χ1v) is 8.02. The maximum absolute atomic E-state index is 11.4. The number of amides is 1. The molecule has 2 heteroatoms. The number of piperidine rings is 1. The second-order valence-electron chi connectivity index (χ2n) is 6.00. The van der Waals surface area contributed by atoms with E-state index in [1.165, 1.54) is 24.8 Å². The summed E-state index contributed by atoms with van der Waals surface area (Å²) < 4.78 is 0. The molecule has 1 aliphatic heterocycles. The number of carbonyl (C=O) groups is 1. The summed E-state index contributed by atoms with van der Waals surface area (Å²) in [5, 5.41) is 0. The third kappa shape index (κ3) is 3.84. The SMILES string of the molecule is CCCCC(c1ccccc1)C1CCN(C(C)=O)CC1. The van der Waals surface area contributed by atoms with Crippen LogP contribution in [0.25, 0.3) is 0 Å². The Morgan fingerprint density at radius 3 is 2.45 bits per heavy atom. The molecule has 1 heterocycles. The van der Waals surface area contributed by atoms with E-state index in [0.717, 1.165) is 31.8 Å². The quantitative estimate of drug-likeness (QED) is 0.786. The fraction of sp³-hybridized carbons (Fsp3) is 0.611. The van der Waals surface area contributed by atoms with Gasteiger partial charge in [-0.3, -0.25) is 4.79 Å². The third-order valence-corrected chi connectivity index (χ3v) is 4.65. The van der Waals surface area contributed by atoms with E-state index in [1.54, 1.807) is 6.92 Å². The monoisotopic (exact) mass is 273 g/mol. The molecule has 1 atom stereocenters. The summed E-state index contributed by atoms with van der Waals surface area (Å²) in [4.78, 5) is 13.4. The Morgan fingerprint density at radius 1 is 1.25 bits per heavy atom. The van der Waals surface area contributed by atoms with Gasteiger partial charge in [-0.2, -0.15) is 0 Å². The number of rotatable bonds is 5. The molecule has 0 aliphatic carbocycles. The van der Waals surface area contributed by atoms with Crippen LogP contribution in [-0.2, 0) is 4.79 Å². The van der Waals surface area contributed by atoms with Crippen molar-refractivity contribution in [3.8, 4) is 0 Å². The lowest BCUT2D eigenvalue weighted by atomic mass is 9.77. The first-order chi connectivity index (χ1) is 9.72. The summed E-state index contributed by atoms with van der Waals surface area (Å²) in [6, 6.07) is 11.0. The molecule has 0 spiro atoms. The second-order valence-corrected chi connectivity index (χ2v) is 6.00. The highest BCUT2D eigenvalue weighted by atomic mass is 16.2. The van der Waals surface area contributed by atoms with E-state index >= 15 is 0 Å². The summed E-state index contributed by atoms with van der Waals surface area (Å²) in [5.41, 5.74) is 1.49. The summed E-state index contributed by atoms with van der Waals surface area (Å²) in [7, 11) is 0. The average Bonchev–Trinajstić information content (AvgIpc) is 2.49. The van der Waals surface area contributed by atoms with Crippen LogP contribution in [0.3, 0.4) is 0 Å².